The molecule has 1 amide bonds. The van der Waals surface area contributed by atoms with Crippen LogP contribution < -0.4 is 5.73 Å². The average Bonchev–Trinajstić information content (AvgIpc) is 3.13. The summed E-state index contributed by atoms with van der Waals surface area (Å²) in [4.78, 5) is 24.6. The molecule has 0 saturated heterocycles. The van der Waals surface area contributed by atoms with Gasteiger partial charge in [-0.1, -0.05) is 20.8 Å². The van der Waals surface area contributed by atoms with Crippen LogP contribution in [-0.2, 0) is 9.59 Å². The van der Waals surface area contributed by atoms with Crippen molar-refractivity contribution in [1.82, 2.24) is 4.90 Å². The van der Waals surface area contributed by atoms with Crippen molar-refractivity contribution in [2.24, 2.45) is 17.1 Å². The normalized spacial score (nSPS) is 16.8. The molecule has 116 valence electrons. The van der Waals surface area contributed by atoms with E-state index in [0.717, 1.165) is 25.7 Å². The SMILES string of the molecule is CC(C)(C)C(CCN)CCC(=O)N(CC(=O)O)C1CC1. The molecule has 5 nitrogen and oxygen atoms in total. The maximum atomic E-state index is 12.2. The molecule has 5 heteroatoms. The molecule has 1 atom stereocenters. The third-order valence-electron chi connectivity index (χ3n) is 4.06. The molecule has 1 unspecified atom stereocenters. The summed E-state index contributed by atoms with van der Waals surface area (Å²) in [5.74, 6) is -0.567. The molecule has 3 N–H and O–H groups in total. The molecule has 0 aromatic heterocycles. The summed E-state index contributed by atoms with van der Waals surface area (Å²) in [6.45, 7) is 6.94. The van der Waals surface area contributed by atoms with Crippen LogP contribution in [0.25, 0.3) is 0 Å². The average molecular weight is 284 g/mol. The van der Waals surface area contributed by atoms with Crippen LogP contribution in [0.1, 0.15) is 52.9 Å². The molecule has 1 saturated carbocycles. The summed E-state index contributed by atoms with van der Waals surface area (Å²) in [5.41, 5.74) is 5.77. The van der Waals surface area contributed by atoms with Gasteiger partial charge >= 0.3 is 5.97 Å². The van der Waals surface area contributed by atoms with Gasteiger partial charge in [-0.05, 0) is 43.6 Å². The quantitative estimate of drug-likeness (QED) is 0.712. The zero-order valence-electron chi connectivity index (χ0n) is 12.9. The lowest BCUT2D eigenvalue weighted by molar-refractivity contribution is -0.145. The van der Waals surface area contributed by atoms with E-state index >= 15 is 0 Å². The fourth-order valence-corrected chi connectivity index (χ4v) is 2.61. The molecule has 1 aliphatic carbocycles. The molecule has 0 radical (unpaired) electrons. The van der Waals surface area contributed by atoms with E-state index in [-0.39, 0.29) is 23.9 Å². The molecular weight excluding hydrogens is 256 g/mol. The Balaban J connectivity index is 2.52. The molecule has 1 aliphatic rings. The molecule has 0 spiro atoms. The predicted octanol–water partition coefficient (Wildman–Crippen LogP) is 1.85. The number of carboxylic acids is 1. The van der Waals surface area contributed by atoms with Crippen molar-refractivity contribution in [3.63, 3.8) is 0 Å². The molecule has 0 heterocycles. The predicted molar refractivity (Wildman–Crippen MR) is 78.2 cm³/mol. The van der Waals surface area contributed by atoms with E-state index in [0.29, 0.717) is 18.9 Å². The maximum Gasteiger partial charge on any atom is 0.323 e. The number of nitrogens with zero attached hydrogens (tertiary/aromatic N) is 1. The number of carbonyl (C=O) groups excluding carboxylic acids is 1. The van der Waals surface area contributed by atoms with E-state index in [1.54, 1.807) is 0 Å². The summed E-state index contributed by atoms with van der Waals surface area (Å²) in [5, 5.41) is 8.89. The molecular formula is C15H28N2O3. The van der Waals surface area contributed by atoms with Gasteiger partial charge in [0.25, 0.3) is 0 Å². The largest absolute Gasteiger partial charge is 0.480 e. The van der Waals surface area contributed by atoms with Gasteiger partial charge in [0.15, 0.2) is 0 Å². The first-order chi connectivity index (χ1) is 9.25. The number of rotatable bonds is 8. The summed E-state index contributed by atoms with van der Waals surface area (Å²) in [6, 6.07) is 0.154. The van der Waals surface area contributed by atoms with Crippen LogP contribution in [0, 0.1) is 11.3 Å². The van der Waals surface area contributed by atoms with Crippen LogP contribution in [0.3, 0.4) is 0 Å². The van der Waals surface area contributed by atoms with Gasteiger partial charge in [0.1, 0.15) is 6.54 Å². The Kier molecular flexibility index (Phi) is 5.99. The first-order valence-electron chi connectivity index (χ1n) is 7.47. The molecule has 0 bridgehead atoms. The Labute approximate surface area is 121 Å². The highest BCUT2D eigenvalue weighted by molar-refractivity contribution is 5.81. The van der Waals surface area contributed by atoms with E-state index in [2.05, 4.69) is 20.8 Å². The van der Waals surface area contributed by atoms with Crippen LogP contribution in [-0.4, -0.2) is 41.0 Å². The van der Waals surface area contributed by atoms with Crippen molar-refractivity contribution < 1.29 is 14.7 Å². The minimum absolute atomic E-state index is 0.0267. The first kappa shape index (κ1) is 17.0. The number of hydrogen-bond acceptors (Lipinski definition) is 3. The van der Waals surface area contributed by atoms with Crippen molar-refractivity contribution in [3.05, 3.63) is 0 Å². The summed E-state index contributed by atoms with van der Waals surface area (Å²) in [7, 11) is 0. The highest BCUT2D eigenvalue weighted by Gasteiger charge is 2.34. The number of aliphatic carboxylic acids is 1. The summed E-state index contributed by atoms with van der Waals surface area (Å²) >= 11 is 0. The van der Waals surface area contributed by atoms with E-state index in [1.165, 1.54) is 4.90 Å². The lowest BCUT2D eigenvalue weighted by atomic mass is 9.76. The lowest BCUT2D eigenvalue weighted by Gasteiger charge is -2.31. The van der Waals surface area contributed by atoms with Gasteiger partial charge in [-0.2, -0.15) is 0 Å². The second kappa shape index (κ2) is 7.07. The van der Waals surface area contributed by atoms with Gasteiger partial charge in [0, 0.05) is 12.5 Å². The van der Waals surface area contributed by atoms with Gasteiger partial charge in [-0.25, -0.2) is 0 Å². The maximum absolute atomic E-state index is 12.2. The second-order valence-electron chi connectivity index (χ2n) is 6.83. The first-order valence-corrected chi connectivity index (χ1v) is 7.47. The molecule has 1 rings (SSSR count). The Morgan fingerprint density at radius 2 is 1.90 bits per heavy atom. The van der Waals surface area contributed by atoms with Crippen molar-refractivity contribution in [1.29, 1.82) is 0 Å². The van der Waals surface area contributed by atoms with Crippen molar-refractivity contribution in [2.45, 2.75) is 58.9 Å². The van der Waals surface area contributed by atoms with Crippen LogP contribution in [0.15, 0.2) is 0 Å². The van der Waals surface area contributed by atoms with E-state index in [1.807, 2.05) is 0 Å². The Hall–Kier alpha value is -1.10. The second-order valence-corrected chi connectivity index (χ2v) is 6.83. The topological polar surface area (TPSA) is 83.6 Å². The zero-order valence-corrected chi connectivity index (χ0v) is 12.9. The van der Waals surface area contributed by atoms with E-state index in [9.17, 15) is 9.59 Å². The number of amides is 1. The van der Waals surface area contributed by atoms with Gasteiger partial charge < -0.3 is 15.7 Å². The number of nitrogens with two attached hydrogens (primary N) is 1. The minimum atomic E-state index is -0.931. The molecule has 20 heavy (non-hydrogen) atoms. The smallest absolute Gasteiger partial charge is 0.323 e. The Morgan fingerprint density at radius 3 is 2.30 bits per heavy atom. The van der Waals surface area contributed by atoms with Gasteiger partial charge in [0.05, 0.1) is 0 Å². The molecule has 0 aliphatic heterocycles. The van der Waals surface area contributed by atoms with Crippen LogP contribution in [0.2, 0.25) is 0 Å². The van der Waals surface area contributed by atoms with E-state index in [4.69, 9.17) is 10.8 Å². The van der Waals surface area contributed by atoms with Crippen molar-refractivity contribution in [3.8, 4) is 0 Å². The number of carboxylic acid groups (broad SMARTS) is 1. The number of hydrogen-bond donors (Lipinski definition) is 2. The fraction of sp³-hybridized carbons (Fsp3) is 0.867. The van der Waals surface area contributed by atoms with Gasteiger partial charge in [-0.3, -0.25) is 9.59 Å². The molecule has 0 aromatic carbocycles. The lowest BCUT2D eigenvalue weighted by Crippen LogP contribution is -2.38. The summed E-state index contributed by atoms with van der Waals surface area (Å²) < 4.78 is 0. The van der Waals surface area contributed by atoms with Gasteiger partial charge in [0.2, 0.25) is 5.91 Å². The van der Waals surface area contributed by atoms with Gasteiger partial charge in [-0.15, -0.1) is 0 Å². The van der Waals surface area contributed by atoms with Crippen LogP contribution in [0.4, 0.5) is 0 Å². The summed E-state index contributed by atoms with van der Waals surface area (Å²) in [6.07, 6.45) is 3.97. The van der Waals surface area contributed by atoms with E-state index < -0.39 is 5.97 Å². The van der Waals surface area contributed by atoms with Crippen molar-refractivity contribution in [2.75, 3.05) is 13.1 Å². The van der Waals surface area contributed by atoms with Crippen molar-refractivity contribution >= 4 is 11.9 Å². The highest BCUT2D eigenvalue weighted by atomic mass is 16.4. The Bertz CT molecular complexity index is 346. The number of carbonyl (C=O) groups is 2. The standard InChI is InChI=1S/C15H28N2O3/c1-15(2,3)11(8-9-16)4-7-13(18)17(10-14(19)20)12-5-6-12/h11-12H,4-10,16H2,1-3H3,(H,19,20). The fourth-order valence-electron chi connectivity index (χ4n) is 2.61. The van der Waals surface area contributed by atoms with Crippen LogP contribution in [0.5, 0.6) is 0 Å². The third kappa shape index (κ3) is 5.49. The minimum Gasteiger partial charge on any atom is -0.480 e. The highest BCUT2D eigenvalue weighted by Crippen LogP contribution is 2.33. The monoisotopic (exact) mass is 284 g/mol. The van der Waals surface area contributed by atoms with Crippen LogP contribution >= 0.6 is 0 Å². The Morgan fingerprint density at radius 1 is 1.30 bits per heavy atom. The third-order valence-corrected chi connectivity index (χ3v) is 4.06. The molecule has 1 fully saturated rings. The molecule has 0 aromatic rings. The zero-order chi connectivity index (χ0) is 15.3.